The molecule has 0 aliphatic carbocycles. The van der Waals surface area contributed by atoms with Gasteiger partial charge in [-0.15, -0.1) is 0 Å². The van der Waals surface area contributed by atoms with Gasteiger partial charge in [0, 0.05) is 12.8 Å². The average molecular weight is 277 g/mol. The van der Waals surface area contributed by atoms with Gasteiger partial charge in [-0.2, -0.15) is 0 Å². The fraction of sp³-hybridized carbons (Fsp3) is 0.818. The topological polar surface area (TPSA) is 91.8 Å². The van der Waals surface area contributed by atoms with Crippen molar-refractivity contribution >= 4 is 21.7 Å². The minimum Gasteiger partial charge on any atom is -0.480 e. The summed E-state index contributed by atoms with van der Waals surface area (Å²) < 4.78 is 22.8. The number of carboxylic acids is 1. The van der Waals surface area contributed by atoms with Crippen LogP contribution in [-0.2, 0) is 19.4 Å². The number of sulfone groups is 1. The van der Waals surface area contributed by atoms with E-state index >= 15 is 0 Å². The van der Waals surface area contributed by atoms with Crippen LogP contribution in [0.2, 0.25) is 0 Å². The van der Waals surface area contributed by atoms with Gasteiger partial charge >= 0.3 is 5.97 Å². The minimum atomic E-state index is -3.50. The van der Waals surface area contributed by atoms with Crippen LogP contribution in [0.15, 0.2) is 0 Å². The zero-order valence-corrected chi connectivity index (χ0v) is 11.6. The molecule has 6 nitrogen and oxygen atoms in total. The first-order valence-electron chi connectivity index (χ1n) is 5.88. The van der Waals surface area contributed by atoms with Gasteiger partial charge in [-0.25, -0.2) is 13.2 Å². The van der Waals surface area contributed by atoms with E-state index in [4.69, 9.17) is 5.11 Å². The Hall–Kier alpha value is -1.11. The summed E-state index contributed by atoms with van der Waals surface area (Å²) in [6, 6.07) is -0.921. The molecule has 1 saturated heterocycles. The van der Waals surface area contributed by atoms with E-state index in [2.05, 4.69) is 0 Å². The predicted octanol–water partition coefficient (Wildman–Crippen LogP) is 0.131. The molecule has 1 fully saturated rings. The highest BCUT2D eigenvalue weighted by atomic mass is 32.2. The second-order valence-electron chi connectivity index (χ2n) is 4.91. The van der Waals surface area contributed by atoms with Crippen molar-refractivity contribution < 1.29 is 23.1 Å². The number of carbonyl (C=O) groups is 2. The Morgan fingerprint density at radius 3 is 2.39 bits per heavy atom. The molecule has 1 rings (SSSR count). The standard InChI is InChI=1S/C11H19NO5S/c1-7-5-4-6-12(9(7)11(14)15)10(13)8(2)18(3,16)17/h7-9H,4-6H2,1-3H3,(H,14,15). The SMILES string of the molecule is CC1CCCN(C(=O)C(C)S(C)(=O)=O)C1C(=O)O. The van der Waals surface area contributed by atoms with Crippen LogP contribution in [0.3, 0.4) is 0 Å². The summed E-state index contributed by atoms with van der Waals surface area (Å²) in [4.78, 5) is 24.5. The summed E-state index contributed by atoms with van der Waals surface area (Å²) in [5, 5.41) is 7.98. The number of carboxylic acid groups (broad SMARTS) is 1. The molecular weight excluding hydrogens is 258 g/mol. The quantitative estimate of drug-likeness (QED) is 0.791. The third-order valence-electron chi connectivity index (χ3n) is 3.46. The second kappa shape index (κ2) is 5.26. The van der Waals surface area contributed by atoms with Gasteiger partial charge in [-0.05, 0) is 25.7 Å². The van der Waals surface area contributed by atoms with Gasteiger partial charge in [0.25, 0.3) is 0 Å². The van der Waals surface area contributed by atoms with Crippen LogP contribution in [0.1, 0.15) is 26.7 Å². The first-order chi connectivity index (χ1) is 8.16. The number of hydrogen-bond donors (Lipinski definition) is 1. The van der Waals surface area contributed by atoms with Crippen molar-refractivity contribution in [2.75, 3.05) is 12.8 Å². The molecule has 1 aliphatic rings. The van der Waals surface area contributed by atoms with E-state index in [1.165, 1.54) is 11.8 Å². The second-order valence-corrected chi connectivity index (χ2v) is 7.27. The fourth-order valence-electron chi connectivity index (χ4n) is 2.23. The molecule has 18 heavy (non-hydrogen) atoms. The molecule has 0 spiro atoms. The summed E-state index contributed by atoms with van der Waals surface area (Å²) in [5.74, 6) is -1.85. The van der Waals surface area contributed by atoms with Crippen molar-refractivity contribution in [3.8, 4) is 0 Å². The lowest BCUT2D eigenvalue weighted by Gasteiger charge is -2.38. The normalized spacial score (nSPS) is 26.7. The van der Waals surface area contributed by atoms with Crippen LogP contribution in [0, 0.1) is 5.92 Å². The smallest absolute Gasteiger partial charge is 0.326 e. The maximum Gasteiger partial charge on any atom is 0.326 e. The van der Waals surface area contributed by atoms with Crippen molar-refractivity contribution in [1.82, 2.24) is 4.90 Å². The minimum absolute atomic E-state index is 0.160. The maximum absolute atomic E-state index is 12.1. The largest absolute Gasteiger partial charge is 0.480 e. The number of amides is 1. The van der Waals surface area contributed by atoms with Gasteiger partial charge in [0.05, 0.1) is 0 Å². The van der Waals surface area contributed by atoms with Crippen LogP contribution in [0.5, 0.6) is 0 Å². The molecule has 1 N–H and O–H groups in total. The molecule has 3 atom stereocenters. The van der Waals surface area contributed by atoms with Gasteiger partial charge in [0.2, 0.25) is 5.91 Å². The number of likely N-dealkylation sites (tertiary alicyclic amines) is 1. The van der Waals surface area contributed by atoms with E-state index in [0.717, 1.165) is 12.7 Å². The molecule has 0 aromatic carbocycles. The Bertz CT molecular complexity index is 444. The van der Waals surface area contributed by atoms with E-state index in [-0.39, 0.29) is 5.92 Å². The third-order valence-corrected chi connectivity index (χ3v) is 4.95. The highest BCUT2D eigenvalue weighted by molar-refractivity contribution is 7.92. The number of aliphatic carboxylic acids is 1. The van der Waals surface area contributed by atoms with Crippen molar-refractivity contribution in [3.05, 3.63) is 0 Å². The zero-order valence-electron chi connectivity index (χ0n) is 10.8. The van der Waals surface area contributed by atoms with Crippen LogP contribution >= 0.6 is 0 Å². The van der Waals surface area contributed by atoms with Crippen molar-refractivity contribution in [3.63, 3.8) is 0 Å². The van der Waals surface area contributed by atoms with Crippen LogP contribution in [0.25, 0.3) is 0 Å². The Kier molecular flexibility index (Phi) is 4.37. The van der Waals surface area contributed by atoms with E-state index in [1.54, 1.807) is 6.92 Å². The molecule has 1 aliphatic heterocycles. The van der Waals surface area contributed by atoms with Gasteiger partial charge in [0.1, 0.15) is 11.3 Å². The van der Waals surface area contributed by atoms with E-state index in [0.29, 0.717) is 13.0 Å². The molecule has 0 bridgehead atoms. The van der Waals surface area contributed by atoms with Crippen molar-refractivity contribution in [2.45, 2.75) is 38.0 Å². The molecule has 1 heterocycles. The molecule has 104 valence electrons. The molecule has 0 aromatic heterocycles. The van der Waals surface area contributed by atoms with Crippen molar-refractivity contribution in [2.24, 2.45) is 5.92 Å². The number of carbonyl (C=O) groups excluding carboxylic acids is 1. The summed E-state index contributed by atoms with van der Waals surface area (Å²) in [5.41, 5.74) is 0. The predicted molar refractivity (Wildman–Crippen MR) is 65.8 cm³/mol. The number of piperidine rings is 1. The maximum atomic E-state index is 12.1. The summed E-state index contributed by atoms with van der Waals surface area (Å²) in [7, 11) is -3.50. The summed E-state index contributed by atoms with van der Waals surface area (Å²) in [6.07, 6.45) is 2.42. The molecule has 1 amide bonds. The van der Waals surface area contributed by atoms with Crippen molar-refractivity contribution in [1.29, 1.82) is 0 Å². The van der Waals surface area contributed by atoms with Gasteiger partial charge in [0.15, 0.2) is 9.84 Å². The highest BCUT2D eigenvalue weighted by Crippen LogP contribution is 2.25. The summed E-state index contributed by atoms with van der Waals surface area (Å²) in [6.45, 7) is 3.37. The Morgan fingerprint density at radius 2 is 1.94 bits per heavy atom. The zero-order chi connectivity index (χ0) is 14.1. The van der Waals surface area contributed by atoms with Crippen LogP contribution < -0.4 is 0 Å². The average Bonchev–Trinajstić information content (AvgIpc) is 2.24. The third kappa shape index (κ3) is 3.01. The lowest BCUT2D eigenvalue weighted by atomic mass is 9.90. The Labute approximate surface area is 107 Å². The van der Waals surface area contributed by atoms with E-state index < -0.39 is 33.0 Å². The van der Waals surface area contributed by atoms with E-state index in [1.807, 2.05) is 0 Å². The molecule has 7 heteroatoms. The van der Waals surface area contributed by atoms with Gasteiger partial charge in [-0.1, -0.05) is 6.92 Å². The lowest BCUT2D eigenvalue weighted by molar-refractivity contribution is -0.154. The monoisotopic (exact) mass is 277 g/mol. The lowest BCUT2D eigenvalue weighted by Crippen LogP contribution is -2.55. The first kappa shape index (κ1) is 14.9. The molecular formula is C11H19NO5S. The van der Waals surface area contributed by atoms with Gasteiger partial charge < -0.3 is 10.0 Å². The van der Waals surface area contributed by atoms with Crippen LogP contribution in [-0.4, -0.2) is 54.4 Å². The molecule has 0 radical (unpaired) electrons. The first-order valence-corrected chi connectivity index (χ1v) is 7.84. The van der Waals surface area contributed by atoms with Crippen LogP contribution in [0.4, 0.5) is 0 Å². The number of hydrogen-bond acceptors (Lipinski definition) is 4. The Morgan fingerprint density at radius 1 is 1.39 bits per heavy atom. The number of nitrogens with zero attached hydrogens (tertiary/aromatic N) is 1. The van der Waals surface area contributed by atoms with Gasteiger partial charge in [-0.3, -0.25) is 4.79 Å². The number of rotatable bonds is 3. The molecule has 0 aromatic rings. The van der Waals surface area contributed by atoms with E-state index in [9.17, 15) is 18.0 Å². The summed E-state index contributed by atoms with van der Waals surface area (Å²) >= 11 is 0. The highest BCUT2D eigenvalue weighted by Gasteiger charge is 2.40. The molecule has 0 saturated carbocycles. The Balaban J connectivity index is 2.99. The fourth-order valence-corrected chi connectivity index (χ4v) is 2.73. The molecule has 3 unspecified atom stereocenters.